The fourth-order valence-corrected chi connectivity index (χ4v) is 5.53. The summed E-state index contributed by atoms with van der Waals surface area (Å²) in [5.74, 6) is 0.214. The van der Waals surface area contributed by atoms with Gasteiger partial charge in [0.25, 0.3) is 0 Å². The van der Waals surface area contributed by atoms with Gasteiger partial charge in [-0.1, -0.05) is 147 Å². The van der Waals surface area contributed by atoms with Gasteiger partial charge in [0.05, 0.1) is 11.8 Å². The Morgan fingerprint density at radius 1 is 0.605 bits per heavy atom. The van der Waals surface area contributed by atoms with Crippen LogP contribution in [0.3, 0.4) is 0 Å². The fourth-order valence-electron chi connectivity index (χ4n) is 5.53. The molecule has 1 saturated carbocycles. The molecule has 5 rings (SSSR count). The molecule has 1 fully saturated rings. The van der Waals surface area contributed by atoms with Crippen molar-refractivity contribution in [3.63, 3.8) is 0 Å². The highest BCUT2D eigenvalue weighted by molar-refractivity contribution is 6.13. The molecule has 0 unspecified atom stereocenters. The third kappa shape index (κ3) is 6.47. The molecule has 1 aliphatic carbocycles. The summed E-state index contributed by atoms with van der Waals surface area (Å²) in [5.41, 5.74) is 5.09. The van der Waals surface area contributed by atoms with E-state index in [-0.39, 0.29) is 17.9 Å². The highest BCUT2D eigenvalue weighted by Gasteiger charge is 2.31. The predicted molar refractivity (Wildman–Crippen MR) is 156 cm³/mol. The summed E-state index contributed by atoms with van der Waals surface area (Å²) in [6.07, 6.45) is 6.82. The second kappa shape index (κ2) is 13.0. The highest BCUT2D eigenvalue weighted by Crippen LogP contribution is 2.30. The van der Waals surface area contributed by atoms with Gasteiger partial charge in [-0.15, -0.1) is 0 Å². The zero-order valence-corrected chi connectivity index (χ0v) is 21.9. The minimum Gasteiger partial charge on any atom is -0.343 e. The Kier molecular flexibility index (Phi) is 8.78. The first-order chi connectivity index (χ1) is 18.8. The number of aliphatic imine (C=N–C) groups is 1. The number of carbonyl (C=O) groups is 1. The number of benzene rings is 4. The number of amides is 1. The van der Waals surface area contributed by atoms with E-state index in [2.05, 4.69) is 53.8 Å². The number of hydrogen-bond acceptors (Lipinski definition) is 2. The topological polar surface area (TPSA) is 41.5 Å². The second-order valence-corrected chi connectivity index (χ2v) is 10.2. The third-order valence-corrected chi connectivity index (χ3v) is 7.53. The molecule has 0 radical (unpaired) electrons. The van der Waals surface area contributed by atoms with Crippen LogP contribution >= 0.6 is 0 Å². The maximum atomic E-state index is 14.3. The van der Waals surface area contributed by atoms with Crippen molar-refractivity contribution in [1.82, 2.24) is 5.32 Å². The van der Waals surface area contributed by atoms with Crippen LogP contribution in [0.15, 0.2) is 126 Å². The minimum absolute atomic E-state index is 0.000955. The Labute approximate surface area is 226 Å². The minimum atomic E-state index is -0.460. The molecule has 38 heavy (non-hydrogen) atoms. The van der Waals surface area contributed by atoms with E-state index in [4.69, 9.17) is 4.99 Å². The van der Waals surface area contributed by atoms with Gasteiger partial charge in [-0.3, -0.25) is 9.79 Å². The summed E-state index contributed by atoms with van der Waals surface area (Å²) in [5, 5.41) is 3.43. The standard InChI is InChI=1S/C35H36N2O/c38-35(37-33(29-21-13-5-14-22-29)30-23-15-6-16-24-30)34(31-25-7-1-2-8-26-31)36-32(27-17-9-3-10-18-27)28-19-11-4-12-20-28/h3-6,9-24,31,33-34H,1-2,7-8,25-26H2,(H,37,38)/t34-/m1/s1. The van der Waals surface area contributed by atoms with Crippen LogP contribution in [-0.2, 0) is 4.79 Å². The molecule has 4 aromatic carbocycles. The van der Waals surface area contributed by atoms with E-state index in [1.165, 1.54) is 12.8 Å². The molecule has 1 N–H and O–H groups in total. The van der Waals surface area contributed by atoms with E-state index in [1.807, 2.05) is 72.8 Å². The molecule has 192 valence electrons. The summed E-state index contributed by atoms with van der Waals surface area (Å²) in [4.78, 5) is 19.6. The number of hydrogen-bond donors (Lipinski definition) is 1. The first kappa shape index (κ1) is 25.7. The van der Waals surface area contributed by atoms with Gasteiger partial charge in [0.1, 0.15) is 6.04 Å². The number of carbonyl (C=O) groups excluding carboxylic acids is 1. The lowest BCUT2D eigenvalue weighted by Gasteiger charge is -2.27. The van der Waals surface area contributed by atoms with Crippen molar-refractivity contribution >= 4 is 11.6 Å². The van der Waals surface area contributed by atoms with Crippen molar-refractivity contribution in [1.29, 1.82) is 0 Å². The average Bonchev–Trinajstić information content (AvgIpc) is 3.28. The van der Waals surface area contributed by atoms with Crippen LogP contribution in [0.4, 0.5) is 0 Å². The van der Waals surface area contributed by atoms with Crippen LogP contribution in [-0.4, -0.2) is 17.7 Å². The summed E-state index contributed by atoms with van der Waals surface area (Å²) in [6, 6.07) is 40.3. The van der Waals surface area contributed by atoms with Gasteiger partial charge in [-0.25, -0.2) is 0 Å². The second-order valence-electron chi connectivity index (χ2n) is 10.2. The Morgan fingerprint density at radius 2 is 1.03 bits per heavy atom. The molecule has 0 bridgehead atoms. The van der Waals surface area contributed by atoms with Crippen molar-refractivity contribution in [2.24, 2.45) is 10.9 Å². The first-order valence-electron chi connectivity index (χ1n) is 13.9. The van der Waals surface area contributed by atoms with Crippen molar-refractivity contribution in [2.75, 3.05) is 0 Å². The van der Waals surface area contributed by atoms with Crippen LogP contribution in [0.2, 0.25) is 0 Å². The lowest BCUT2D eigenvalue weighted by atomic mass is 9.90. The van der Waals surface area contributed by atoms with Gasteiger partial charge in [-0.2, -0.15) is 0 Å². The molecule has 4 aromatic rings. The van der Waals surface area contributed by atoms with Crippen molar-refractivity contribution in [2.45, 2.75) is 50.6 Å². The van der Waals surface area contributed by atoms with Crippen molar-refractivity contribution < 1.29 is 4.79 Å². The molecule has 0 aliphatic heterocycles. The first-order valence-corrected chi connectivity index (χ1v) is 13.9. The summed E-state index contributed by atoms with van der Waals surface area (Å²) in [7, 11) is 0. The summed E-state index contributed by atoms with van der Waals surface area (Å²) >= 11 is 0. The van der Waals surface area contributed by atoms with Gasteiger partial charge in [0, 0.05) is 11.1 Å². The van der Waals surface area contributed by atoms with E-state index >= 15 is 0 Å². The molecule has 0 saturated heterocycles. The van der Waals surface area contributed by atoms with E-state index in [9.17, 15) is 4.79 Å². The molecule has 0 heterocycles. The Bertz CT molecular complexity index is 1210. The van der Waals surface area contributed by atoms with E-state index in [0.29, 0.717) is 0 Å². The van der Waals surface area contributed by atoms with Crippen LogP contribution in [0.25, 0.3) is 0 Å². The van der Waals surface area contributed by atoms with Crippen LogP contribution in [0.1, 0.15) is 66.8 Å². The Hall–Kier alpha value is -3.98. The fraction of sp³-hybridized carbons (Fsp3) is 0.257. The molecular weight excluding hydrogens is 464 g/mol. The molecule has 1 atom stereocenters. The van der Waals surface area contributed by atoms with Gasteiger partial charge in [-0.05, 0) is 29.9 Å². The van der Waals surface area contributed by atoms with Crippen molar-refractivity contribution in [3.05, 3.63) is 144 Å². The molecule has 3 heteroatoms. The molecule has 3 nitrogen and oxygen atoms in total. The van der Waals surface area contributed by atoms with Crippen LogP contribution in [0.5, 0.6) is 0 Å². The highest BCUT2D eigenvalue weighted by atomic mass is 16.2. The SMILES string of the molecule is O=C(NC(c1ccccc1)c1ccccc1)[C@H](N=C(c1ccccc1)c1ccccc1)C1CCCCCC1. The zero-order chi connectivity index (χ0) is 26.0. The smallest absolute Gasteiger partial charge is 0.245 e. The van der Waals surface area contributed by atoms with Crippen LogP contribution in [0, 0.1) is 5.92 Å². The van der Waals surface area contributed by atoms with Crippen molar-refractivity contribution in [3.8, 4) is 0 Å². The molecule has 0 spiro atoms. The number of nitrogens with zero attached hydrogens (tertiary/aromatic N) is 1. The van der Waals surface area contributed by atoms with Crippen LogP contribution < -0.4 is 5.32 Å². The number of rotatable bonds is 8. The maximum Gasteiger partial charge on any atom is 0.245 e. The quantitative estimate of drug-likeness (QED) is 0.195. The molecule has 0 aromatic heterocycles. The Balaban J connectivity index is 1.56. The molecule has 1 amide bonds. The lowest BCUT2D eigenvalue weighted by Crippen LogP contribution is -2.41. The van der Waals surface area contributed by atoms with Gasteiger partial charge < -0.3 is 5.32 Å². The monoisotopic (exact) mass is 500 g/mol. The largest absolute Gasteiger partial charge is 0.343 e. The lowest BCUT2D eigenvalue weighted by molar-refractivity contribution is -0.124. The van der Waals surface area contributed by atoms with E-state index in [1.54, 1.807) is 0 Å². The van der Waals surface area contributed by atoms with Gasteiger partial charge in [0.15, 0.2) is 0 Å². The normalized spacial score (nSPS) is 14.9. The molecular formula is C35H36N2O. The Morgan fingerprint density at radius 3 is 1.47 bits per heavy atom. The van der Waals surface area contributed by atoms with Gasteiger partial charge in [0.2, 0.25) is 5.91 Å². The maximum absolute atomic E-state index is 14.3. The summed E-state index contributed by atoms with van der Waals surface area (Å²) < 4.78 is 0. The average molecular weight is 501 g/mol. The number of nitrogens with one attached hydrogen (secondary N) is 1. The third-order valence-electron chi connectivity index (χ3n) is 7.53. The zero-order valence-electron chi connectivity index (χ0n) is 21.9. The summed E-state index contributed by atoms with van der Waals surface area (Å²) in [6.45, 7) is 0. The van der Waals surface area contributed by atoms with Gasteiger partial charge >= 0.3 is 0 Å². The van der Waals surface area contributed by atoms with E-state index < -0.39 is 6.04 Å². The van der Waals surface area contributed by atoms with E-state index in [0.717, 1.165) is 53.6 Å². The molecule has 1 aliphatic rings. The predicted octanol–water partition coefficient (Wildman–Crippen LogP) is 7.77.